The van der Waals surface area contributed by atoms with Gasteiger partial charge in [-0.05, 0) is 37.1 Å². The molecule has 3 rings (SSSR count). The lowest BCUT2D eigenvalue weighted by Crippen LogP contribution is -2.32. The number of hydrogen-bond acceptors (Lipinski definition) is 5. The number of amides is 1. The predicted octanol–water partition coefficient (Wildman–Crippen LogP) is 1.07. The summed E-state index contributed by atoms with van der Waals surface area (Å²) >= 11 is 1.78. The third kappa shape index (κ3) is 3.73. The predicted molar refractivity (Wildman–Crippen MR) is 85.4 cm³/mol. The quantitative estimate of drug-likeness (QED) is 0.744. The summed E-state index contributed by atoms with van der Waals surface area (Å²) in [5.41, 5.74) is 1.06. The van der Waals surface area contributed by atoms with Gasteiger partial charge in [-0.2, -0.15) is 5.10 Å². The normalized spacial score (nSPS) is 18.7. The molecule has 1 unspecified atom stereocenters. The van der Waals surface area contributed by atoms with E-state index in [1.165, 1.54) is 9.75 Å². The van der Waals surface area contributed by atoms with Gasteiger partial charge in [-0.3, -0.25) is 14.8 Å². The number of nitrogens with one attached hydrogen (secondary N) is 2. The SMILES string of the molecule is O=C(CO)NCC1CCN(Cc2ccc(-c3ccn[nH]3)s2)C1. The fourth-order valence-electron chi connectivity index (χ4n) is 2.76. The van der Waals surface area contributed by atoms with Crippen molar-refractivity contribution >= 4 is 17.2 Å². The van der Waals surface area contributed by atoms with Gasteiger partial charge in [0.2, 0.25) is 5.91 Å². The maximum absolute atomic E-state index is 11.1. The number of thiophene rings is 1. The number of carbonyl (C=O) groups excluding carboxylic acids is 1. The van der Waals surface area contributed by atoms with Crippen molar-refractivity contribution in [2.45, 2.75) is 13.0 Å². The smallest absolute Gasteiger partial charge is 0.245 e. The lowest BCUT2D eigenvalue weighted by atomic mass is 10.1. The third-order valence-corrected chi connectivity index (χ3v) is 5.01. The Morgan fingerprint density at radius 3 is 3.18 bits per heavy atom. The summed E-state index contributed by atoms with van der Waals surface area (Å²) in [7, 11) is 0. The molecule has 1 saturated heterocycles. The minimum atomic E-state index is -0.429. The first-order valence-corrected chi connectivity index (χ1v) is 8.24. The highest BCUT2D eigenvalue weighted by Crippen LogP contribution is 2.28. The fourth-order valence-corrected chi connectivity index (χ4v) is 3.78. The van der Waals surface area contributed by atoms with Crippen LogP contribution in [0.1, 0.15) is 11.3 Å². The topological polar surface area (TPSA) is 81.2 Å². The highest BCUT2D eigenvalue weighted by molar-refractivity contribution is 7.15. The molecule has 1 atom stereocenters. The van der Waals surface area contributed by atoms with Crippen LogP contribution in [0, 0.1) is 5.92 Å². The summed E-state index contributed by atoms with van der Waals surface area (Å²) in [4.78, 5) is 16.0. The molecule has 3 N–H and O–H groups in total. The molecule has 1 aliphatic rings. The number of carbonyl (C=O) groups is 1. The second-order valence-corrected chi connectivity index (χ2v) is 6.76. The van der Waals surface area contributed by atoms with Crippen LogP contribution in [0.15, 0.2) is 24.4 Å². The molecule has 118 valence electrons. The Labute approximate surface area is 133 Å². The van der Waals surface area contributed by atoms with E-state index in [1.807, 2.05) is 6.07 Å². The second kappa shape index (κ2) is 7.04. The van der Waals surface area contributed by atoms with E-state index in [-0.39, 0.29) is 5.91 Å². The van der Waals surface area contributed by atoms with Gasteiger partial charge in [0.15, 0.2) is 0 Å². The van der Waals surface area contributed by atoms with Crippen molar-refractivity contribution in [2.75, 3.05) is 26.2 Å². The molecule has 3 heterocycles. The third-order valence-electron chi connectivity index (χ3n) is 3.91. The molecule has 0 aromatic carbocycles. The van der Waals surface area contributed by atoms with E-state index in [0.717, 1.165) is 31.7 Å². The summed E-state index contributed by atoms with van der Waals surface area (Å²) in [5.74, 6) is 0.184. The van der Waals surface area contributed by atoms with Crippen LogP contribution in [0.25, 0.3) is 10.6 Å². The van der Waals surface area contributed by atoms with Crippen LogP contribution in [0.3, 0.4) is 0 Å². The van der Waals surface area contributed by atoms with Gasteiger partial charge in [-0.1, -0.05) is 0 Å². The van der Waals surface area contributed by atoms with E-state index in [9.17, 15) is 4.79 Å². The van der Waals surface area contributed by atoms with E-state index in [2.05, 4.69) is 32.5 Å². The number of aliphatic hydroxyl groups is 1. The van der Waals surface area contributed by atoms with Crippen molar-refractivity contribution in [1.29, 1.82) is 0 Å². The lowest BCUT2D eigenvalue weighted by Gasteiger charge is -2.15. The van der Waals surface area contributed by atoms with Gasteiger partial charge < -0.3 is 10.4 Å². The van der Waals surface area contributed by atoms with Crippen molar-refractivity contribution in [3.63, 3.8) is 0 Å². The largest absolute Gasteiger partial charge is 0.387 e. The van der Waals surface area contributed by atoms with Gasteiger partial charge in [0.05, 0.1) is 10.6 Å². The van der Waals surface area contributed by atoms with Gasteiger partial charge in [0.1, 0.15) is 6.61 Å². The minimum absolute atomic E-state index is 0.291. The van der Waals surface area contributed by atoms with Gasteiger partial charge in [-0.15, -0.1) is 11.3 Å². The van der Waals surface area contributed by atoms with Crippen LogP contribution in [0.4, 0.5) is 0 Å². The molecule has 0 spiro atoms. The molecular weight excluding hydrogens is 300 g/mol. The van der Waals surface area contributed by atoms with Crippen LogP contribution < -0.4 is 5.32 Å². The molecule has 6 nitrogen and oxygen atoms in total. The summed E-state index contributed by atoms with van der Waals surface area (Å²) in [6.45, 7) is 3.21. The summed E-state index contributed by atoms with van der Waals surface area (Å²) in [6.07, 6.45) is 2.85. The molecule has 0 bridgehead atoms. The molecule has 1 amide bonds. The van der Waals surface area contributed by atoms with Gasteiger partial charge in [-0.25, -0.2) is 0 Å². The minimum Gasteiger partial charge on any atom is -0.387 e. The van der Waals surface area contributed by atoms with E-state index in [0.29, 0.717) is 12.5 Å². The maximum Gasteiger partial charge on any atom is 0.245 e. The number of aromatic nitrogens is 2. The Balaban J connectivity index is 1.49. The van der Waals surface area contributed by atoms with E-state index in [1.54, 1.807) is 17.5 Å². The Kier molecular flexibility index (Phi) is 4.87. The standard InChI is InChI=1S/C15H20N4O2S/c20-10-15(21)16-7-11-4-6-19(8-11)9-12-1-2-14(22-12)13-3-5-17-18-13/h1-3,5,11,20H,4,6-10H2,(H,16,21)(H,17,18). The Bertz CT molecular complexity index is 611. The molecular formula is C15H20N4O2S. The zero-order chi connectivity index (χ0) is 15.4. The molecule has 22 heavy (non-hydrogen) atoms. The summed E-state index contributed by atoms with van der Waals surface area (Å²) in [6, 6.07) is 6.27. The van der Waals surface area contributed by atoms with Crippen molar-refractivity contribution in [2.24, 2.45) is 5.92 Å². The first-order valence-electron chi connectivity index (χ1n) is 7.43. The summed E-state index contributed by atoms with van der Waals surface area (Å²) < 4.78 is 0. The van der Waals surface area contributed by atoms with Gasteiger partial charge in [0, 0.05) is 30.7 Å². The van der Waals surface area contributed by atoms with Crippen molar-refractivity contribution in [3.05, 3.63) is 29.3 Å². The van der Waals surface area contributed by atoms with E-state index >= 15 is 0 Å². The van der Waals surface area contributed by atoms with Crippen LogP contribution in [-0.2, 0) is 11.3 Å². The van der Waals surface area contributed by atoms with Crippen LogP contribution in [0.2, 0.25) is 0 Å². The average molecular weight is 320 g/mol. The van der Waals surface area contributed by atoms with Crippen molar-refractivity contribution in [3.8, 4) is 10.6 Å². The zero-order valence-electron chi connectivity index (χ0n) is 12.3. The molecule has 2 aromatic heterocycles. The number of nitrogens with zero attached hydrogens (tertiary/aromatic N) is 2. The Morgan fingerprint density at radius 2 is 2.41 bits per heavy atom. The van der Waals surface area contributed by atoms with Crippen molar-refractivity contribution in [1.82, 2.24) is 20.4 Å². The molecule has 0 radical (unpaired) electrons. The number of aliphatic hydroxyl groups excluding tert-OH is 1. The molecule has 7 heteroatoms. The monoisotopic (exact) mass is 320 g/mol. The van der Waals surface area contributed by atoms with Crippen molar-refractivity contribution < 1.29 is 9.90 Å². The van der Waals surface area contributed by atoms with Gasteiger partial charge >= 0.3 is 0 Å². The van der Waals surface area contributed by atoms with E-state index < -0.39 is 6.61 Å². The number of H-pyrrole nitrogens is 1. The highest BCUT2D eigenvalue weighted by Gasteiger charge is 2.23. The number of rotatable bonds is 6. The van der Waals surface area contributed by atoms with Crippen LogP contribution in [-0.4, -0.2) is 52.4 Å². The number of aromatic amines is 1. The first kappa shape index (κ1) is 15.2. The lowest BCUT2D eigenvalue weighted by molar-refractivity contribution is -0.123. The first-order chi connectivity index (χ1) is 10.7. The molecule has 0 aliphatic carbocycles. The molecule has 2 aromatic rings. The molecule has 1 fully saturated rings. The number of hydrogen-bond donors (Lipinski definition) is 3. The van der Waals surface area contributed by atoms with E-state index in [4.69, 9.17) is 5.11 Å². The highest BCUT2D eigenvalue weighted by atomic mass is 32.1. The average Bonchev–Trinajstić information content (AvgIpc) is 3.26. The second-order valence-electron chi connectivity index (χ2n) is 5.59. The zero-order valence-corrected chi connectivity index (χ0v) is 13.1. The van der Waals surface area contributed by atoms with Crippen LogP contribution in [0.5, 0.6) is 0 Å². The van der Waals surface area contributed by atoms with Crippen LogP contribution >= 0.6 is 11.3 Å². The molecule has 0 saturated carbocycles. The summed E-state index contributed by atoms with van der Waals surface area (Å²) in [5, 5.41) is 18.4. The van der Waals surface area contributed by atoms with Gasteiger partial charge in [0.25, 0.3) is 0 Å². The molecule has 1 aliphatic heterocycles. The number of likely N-dealkylation sites (tertiary alicyclic amines) is 1. The Morgan fingerprint density at radius 1 is 1.50 bits per heavy atom. The Hall–Kier alpha value is -1.70. The maximum atomic E-state index is 11.1. The fraction of sp³-hybridized carbons (Fsp3) is 0.467.